The fraction of sp³-hybridized carbons (Fsp3) is 0.484. The van der Waals surface area contributed by atoms with E-state index in [1.54, 1.807) is 23.9 Å². The van der Waals surface area contributed by atoms with Crippen LogP contribution in [0.5, 0.6) is 5.88 Å². The van der Waals surface area contributed by atoms with E-state index in [0.717, 1.165) is 73.4 Å². The van der Waals surface area contributed by atoms with Crippen molar-refractivity contribution in [2.45, 2.75) is 38.8 Å². The number of hydrogen-bond acceptors (Lipinski definition) is 8. The molecule has 3 aliphatic rings. The summed E-state index contributed by atoms with van der Waals surface area (Å²) in [6, 6.07) is 10.00. The second kappa shape index (κ2) is 11.4. The molecule has 0 radical (unpaired) electrons. The number of nitrogens with one attached hydrogen (secondary N) is 2. The molecule has 43 heavy (non-hydrogen) atoms. The number of pyridine rings is 1. The Labute approximate surface area is 255 Å². The Bertz CT molecular complexity index is 1680. The van der Waals surface area contributed by atoms with Crippen LogP contribution in [0.25, 0.3) is 22.3 Å². The number of nitrogens with zero attached hydrogens (tertiary/aromatic N) is 6. The lowest BCUT2D eigenvalue weighted by Gasteiger charge is -2.35. The number of piperazine rings is 1. The van der Waals surface area contributed by atoms with Gasteiger partial charge in [-0.1, -0.05) is 11.6 Å². The number of amides is 1. The number of imidazole rings is 1. The maximum absolute atomic E-state index is 13.8. The lowest BCUT2D eigenvalue weighted by Crippen LogP contribution is -2.52. The Balaban J connectivity index is 1.29. The zero-order valence-corrected chi connectivity index (χ0v) is 25.5. The molecule has 0 unspecified atom stereocenters. The second-order valence-electron chi connectivity index (χ2n) is 12.0. The summed E-state index contributed by atoms with van der Waals surface area (Å²) in [7, 11) is 3.61. The first-order valence-electron chi connectivity index (χ1n) is 15.0. The fourth-order valence-corrected chi connectivity index (χ4v) is 7.15. The van der Waals surface area contributed by atoms with Gasteiger partial charge in [-0.3, -0.25) is 10.1 Å². The monoisotopic (exact) mass is 604 g/mol. The number of carbonyl (C=O) groups excluding carboxylic acids is 1. The lowest BCUT2D eigenvalue weighted by molar-refractivity contribution is 0.102. The number of ether oxygens (including phenoxy) is 2. The van der Waals surface area contributed by atoms with Crippen molar-refractivity contribution in [2.24, 2.45) is 18.9 Å². The number of rotatable bonds is 3. The van der Waals surface area contributed by atoms with Gasteiger partial charge in [0.1, 0.15) is 5.15 Å². The summed E-state index contributed by atoms with van der Waals surface area (Å²) in [6.45, 7) is 6.62. The summed E-state index contributed by atoms with van der Waals surface area (Å²) >= 11 is 6.47. The van der Waals surface area contributed by atoms with Crippen molar-refractivity contribution in [3.8, 4) is 17.1 Å². The van der Waals surface area contributed by atoms with Gasteiger partial charge >= 0.3 is 0 Å². The molecule has 226 valence electrons. The van der Waals surface area contributed by atoms with Crippen molar-refractivity contribution in [2.75, 3.05) is 50.2 Å². The number of carbonyl (C=O) groups is 1. The molecule has 1 saturated heterocycles. The number of halogens is 1. The maximum Gasteiger partial charge on any atom is 0.258 e. The van der Waals surface area contributed by atoms with Gasteiger partial charge in [0.15, 0.2) is 0 Å². The summed E-state index contributed by atoms with van der Waals surface area (Å²) in [5, 5.41) is 11.5. The normalized spacial score (nSPS) is 22.4. The van der Waals surface area contributed by atoms with Crippen LogP contribution in [0.2, 0.25) is 5.15 Å². The number of methoxy groups -OCH3 is 1. The van der Waals surface area contributed by atoms with E-state index in [4.69, 9.17) is 26.1 Å². The number of anilines is 2. The van der Waals surface area contributed by atoms with Crippen LogP contribution >= 0.6 is 11.6 Å². The van der Waals surface area contributed by atoms with E-state index in [2.05, 4.69) is 48.4 Å². The van der Waals surface area contributed by atoms with Crippen molar-refractivity contribution in [3.63, 3.8) is 0 Å². The highest BCUT2D eigenvalue weighted by Gasteiger charge is 2.30. The Hall–Kier alpha value is -3.67. The van der Waals surface area contributed by atoms with E-state index in [0.29, 0.717) is 48.1 Å². The molecule has 4 aromatic rings. The number of hydrogen-bond donors (Lipinski definition) is 2. The largest absolute Gasteiger partial charge is 0.477 e. The summed E-state index contributed by atoms with van der Waals surface area (Å²) in [6.07, 6.45) is 3.20. The quantitative estimate of drug-likeness (QED) is 0.334. The minimum absolute atomic E-state index is 0.223. The Morgan fingerprint density at radius 3 is 2.86 bits per heavy atom. The molecule has 5 heterocycles. The van der Waals surface area contributed by atoms with E-state index in [1.807, 2.05) is 14.0 Å². The van der Waals surface area contributed by atoms with Gasteiger partial charge in [0.05, 0.1) is 41.2 Å². The fourth-order valence-electron chi connectivity index (χ4n) is 6.94. The first kappa shape index (κ1) is 28.1. The van der Waals surface area contributed by atoms with Gasteiger partial charge in [0.2, 0.25) is 11.8 Å². The smallest absolute Gasteiger partial charge is 0.258 e. The van der Waals surface area contributed by atoms with Crippen molar-refractivity contribution in [3.05, 3.63) is 46.7 Å². The Morgan fingerprint density at radius 1 is 1.14 bits per heavy atom. The molecule has 2 fully saturated rings. The molecule has 2 N–H and O–H groups in total. The third-order valence-electron chi connectivity index (χ3n) is 8.97. The van der Waals surface area contributed by atoms with Crippen LogP contribution in [-0.2, 0) is 18.3 Å². The van der Waals surface area contributed by atoms with Gasteiger partial charge in [-0.15, -0.1) is 0 Å². The summed E-state index contributed by atoms with van der Waals surface area (Å²) < 4.78 is 15.8. The molecule has 3 aromatic heterocycles. The third-order valence-corrected chi connectivity index (χ3v) is 9.17. The maximum atomic E-state index is 13.8. The molecular formula is C31H37ClN8O3. The molecule has 2 aliphatic heterocycles. The summed E-state index contributed by atoms with van der Waals surface area (Å²) in [5.74, 6) is 1.74. The third kappa shape index (κ3) is 5.45. The predicted octanol–water partition coefficient (Wildman–Crippen LogP) is 4.28. The van der Waals surface area contributed by atoms with Gasteiger partial charge in [0, 0.05) is 57.6 Å². The second-order valence-corrected chi connectivity index (χ2v) is 12.4. The van der Waals surface area contributed by atoms with Gasteiger partial charge in [-0.2, -0.15) is 5.10 Å². The van der Waals surface area contributed by atoms with E-state index < -0.39 is 0 Å². The van der Waals surface area contributed by atoms with Crippen LogP contribution in [0.3, 0.4) is 0 Å². The van der Waals surface area contributed by atoms with Gasteiger partial charge in [0.25, 0.3) is 5.91 Å². The van der Waals surface area contributed by atoms with Gasteiger partial charge in [-0.05, 0) is 68.4 Å². The molecule has 11 nitrogen and oxygen atoms in total. The van der Waals surface area contributed by atoms with Crippen molar-refractivity contribution in [1.29, 1.82) is 0 Å². The minimum Gasteiger partial charge on any atom is -0.477 e. The Kier molecular flexibility index (Phi) is 7.48. The average Bonchev–Trinajstić information content (AvgIpc) is 3.66. The number of aromatic nitrogens is 5. The molecular weight excluding hydrogens is 568 g/mol. The highest BCUT2D eigenvalue weighted by molar-refractivity contribution is 6.30. The summed E-state index contributed by atoms with van der Waals surface area (Å²) in [5.41, 5.74) is 5.48. The molecule has 1 aliphatic carbocycles. The van der Waals surface area contributed by atoms with Crippen LogP contribution in [0.15, 0.2) is 30.3 Å². The van der Waals surface area contributed by atoms with Crippen LogP contribution < -0.4 is 20.3 Å². The van der Waals surface area contributed by atoms with Crippen LogP contribution in [0.4, 0.5) is 11.6 Å². The van der Waals surface area contributed by atoms with Crippen LogP contribution in [0, 0.1) is 18.8 Å². The summed E-state index contributed by atoms with van der Waals surface area (Å²) in [4.78, 5) is 25.6. The number of fused-ring (bicyclic) bond motifs is 9. The topological polar surface area (TPSA) is 111 Å². The van der Waals surface area contributed by atoms with Gasteiger partial charge < -0.3 is 24.3 Å². The molecule has 0 spiro atoms. The van der Waals surface area contributed by atoms with E-state index in [9.17, 15) is 4.79 Å². The van der Waals surface area contributed by atoms with E-state index >= 15 is 0 Å². The molecule has 1 amide bonds. The first-order valence-corrected chi connectivity index (χ1v) is 15.4. The van der Waals surface area contributed by atoms with Crippen LogP contribution in [0.1, 0.15) is 35.3 Å². The molecule has 3 atom stereocenters. The molecule has 7 rings (SSSR count). The van der Waals surface area contributed by atoms with Crippen LogP contribution in [-0.4, -0.2) is 76.2 Å². The number of aryl methyl sites for hydroxylation is 2. The minimum atomic E-state index is -0.296. The zero-order chi connectivity index (χ0) is 29.7. The van der Waals surface area contributed by atoms with Crippen molar-refractivity contribution < 1.29 is 14.3 Å². The molecule has 1 saturated carbocycles. The van der Waals surface area contributed by atoms with Crippen molar-refractivity contribution >= 4 is 40.2 Å². The highest BCUT2D eigenvalue weighted by Crippen LogP contribution is 2.38. The molecule has 12 heteroatoms. The SMILES string of the molecule is COC[C@H]1CN(c2ccc3nc4n(c3c2)C[C@@H]2CC[C@H](COc3c(c(C)nn3C)-c3cc(cc(Cl)n3)C(=O)N4)C2)CCN1. The molecule has 4 bridgehead atoms. The average molecular weight is 605 g/mol. The first-order chi connectivity index (χ1) is 20.9. The highest BCUT2D eigenvalue weighted by atomic mass is 35.5. The Morgan fingerprint density at radius 2 is 2.00 bits per heavy atom. The van der Waals surface area contributed by atoms with Gasteiger partial charge in [-0.25, -0.2) is 14.6 Å². The van der Waals surface area contributed by atoms with Crippen molar-refractivity contribution in [1.82, 2.24) is 29.6 Å². The van der Waals surface area contributed by atoms with E-state index in [-0.39, 0.29) is 17.1 Å². The zero-order valence-electron chi connectivity index (χ0n) is 24.8. The predicted molar refractivity (Wildman–Crippen MR) is 166 cm³/mol. The molecule has 1 aromatic carbocycles. The number of benzene rings is 1. The van der Waals surface area contributed by atoms with E-state index in [1.165, 1.54) is 0 Å². The standard InChI is InChI=1S/C31H37ClN8O3/c1-18-28-25-11-21(12-27(32)34-25)29(41)36-31-35-24-7-6-23(39-9-8-33-22(15-39)17-42-3)13-26(24)40(31)14-19-4-5-20(10-19)16-43-30(28)38(2)37-18/h6-7,11-13,19-20,22,33H,4-5,8-10,14-17H2,1-3H3,(H,35,36,41)/t19-,20+,22-/m1/s1. The lowest BCUT2D eigenvalue weighted by atomic mass is 10.1.